The lowest BCUT2D eigenvalue weighted by atomic mass is 9.89. The number of hydrogen-bond acceptors (Lipinski definition) is 2. The van der Waals surface area contributed by atoms with E-state index in [9.17, 15) is 0 Å². The molecule has 3 heteroatoms. The summed E-state index contributed by atoms with van der Waals surface area (Å²) in [7, 11) is 0. The van der Waals surface area contributed by atoms with Gasteiger partial charge in [0, 0.05) is 23.6 Å². The molecule has 1 heterocycles. The first-order valence-electron chi connectivity index (χ1n) is 6.35. The molecule has 1 aliphatic rings. The molecular formula is C14H20ClNO. The number of hydrogen-bond donors (Lipinski definition) is 1. The van der Waals surface area contributed by atoms with Crippen LogP contribution in [0.3, 0.4) is 0 Å². The molecule has 0 bridgehead atoms. The SMILES string of the molecule is CCNC1CCOCC1Cc1cccc(Cl)c1. The first kappa shape index (κ1) is 12.9. The van der Waals surface area contributed by atoms with Crippen LogP contribution in [-0.4, -0.2) is 25.8 Å². The minimum absolute atomic E-state index is 0.558. The highest BCUT2D eigenvalue weighted by Crippen LogP contribution is 2.21. The molecule has 17 heavy (non-hydrogen) atoms. The summed E-state index contributed by atoms with van der Waals surface area (Å²) in [5, 5.41) is 4.38. The van der Waals surface area contributed by atoms with E-state index in [2.05, 4.69) is 24.4 Å². The van der Waals surface area contributed by atoms with Crippen molar-refractivity contribution in [1.82, 2.24) is 5.32 Å². The van der Waals surface area contributed by atoms with Crippen LogP contribution in [-0.2, 0) is 11.2 Å². The highest BCUT2D eigenvalue weighted by Gasteiger charge is 2.24. The lowest BCUT2D eigenvalue weighted by Gasteiger charge is -2.32. The van der Waals surface area contributed by atoms with E-state index in [0.29, 0.717) is 12.0 Å². The van der Waals surface area contributed by atoms with Crippen LogP contribution in [0.4, 0.5) is 0 Å². The molecule has 0 radical (unpaired) electrons. The molecule has 0 aliphatic carbocycles. The van der Waals surface area contributed by atoms with Gasteiger partial charge < -0.3 is 10.1 Å². The second kappa shape index (κ2) is 6.39. The maximum absolute atomic E-state index is 6.01. The van der Waals surface area contributed by atoms with Gasteiger partial charge in [-0.2, -0.15) is 0 Å². The topological polar surface area (TPSA) is 21.3 Å². The normalized spacial score (nSPS) is 24.8. The summed E-state index contributed by atoms with van der Waals surface area (Å²) in [5.74, 6) is 0.558. The smallest absolute Gasteiger partial charge is 0.0512 e. The minimum atomic E-state index is 0.558. The maximum atomic E-state index is 6.01. The third-order valence-corrected chi connectivity index (χ3v) is 3.56. The number of nitrogens with one attached hydrogen (secondary N) is 1. The van der Waals surface area contributed by atoms with Crippen molar-refractivity contribution in [3.63, 3.8) is 0 Å². The molecule has 2 atom stereocenters. The fourth-order valence-electron chi connectivity index (χ4n) is 2.50. The third-order valence-electron chi connectivity index (χ3n) is 3.33. The molecule has 2 nitrogen and oxygen atoms in total. The summed E-state index contributed by atoms with van der Waals surface area (Å²) in [6.07, 6.45) is 2.15. The fraction of sp³-hybridized carbons (Fsp3) is 0.571. The van der Waals surface area contributed by atoms with Gasteiger partial charge >= 0.3 is 0 Å². The summed E-state index contributed by atoms with van der Waals surface area (Å²) >= 11 is 6.01. The van der Waals surface area contributed by atoms with Crippen molar-refractivity contribution in [3.05, 3.63) is 34.9 Å². The number of rotatable bonds is 4. The van der Waals surface area contributed by atoms with Gasteiger partial charge in [0.1, 0.15) is 0 Å². The monoisotopic (exact) mass is 253 g/mol. The molecule has 0 saturated carbocycles. The Balaban J connectivity index is 2.00. The Kier molecular flexibility index (Phi) is 4.84. The Morgan fingerprint density at radius 3 is 3.12 bits per heavy atom. The van der Waals surface area contributed by atoms with E-state index in [4.69, 9.17) is 16.3 Å². The molecule has 1 saturated heterocycles. The van der Waals surface area contributed by atoms with Gasteiger partial charge in [0.2, 0.25) is 0 Å². The zero-order valence-corrected chi connectivity index (χ0v) is 11.0. The van der Waals surface area contributed by atoms with Crippen LogP contribution in [0.2, 0.25) is 5.02 Å². The zero-order chi connectivity index (χ0) is 12.1. The predicted octanol–water partition coefficient (Wildman–Crippen LogP) is 2.90. The maximum Gasteiger partial charge on any atom is 0.0512 e. The van der Waals surface area contributed by atoms with E-state index >= 15 is 0 Å². The molecule has 1 fully saturated rings. The van der Waals surface area contributed by atoms with E-state index in [-0.39, 0.29) is 0 Å². The van der Waals surface area contributed by atoms with Crippen molar-refractivity contribution in [2.75, 3.05) is 19.8 Å². The molecule has 2 unspecified atom stereocenters. The molecule has 0 aromatic heterocycles. The molecule has 1 aliphatic heterocycles. The summed E-state index contributed by atoms with van der Waals surface area (Å²) in [6.45, 7) is 4.91. The molecule has 94 valence electrons. The molecule has 1 aromatic rings. The number of benzene rings is 1. The Hall–Kier alpha value is -0.570. The van der Waals surface area contributed by atoms with Crippen molar-refractivity contribution < 1.29 is 4.74 Å². The van der Waals surface area contributed by atoms with Gasteiger partial charge in [-0.3, -0.25) is 0 Å². The average molecular weight is 254 g/mol. The lowest BCUT2D eigenvalue weighted by Crippen LogP contribution is -2.43. The van der Waals surface area contributed by atoms with E-state index in [1.165, 1.54) is 5.56 Å². The first-order valence-corrected chi connectivity index (χ1v) is 6.73. The summed E-state index contributed by atoms with van der Waals surface area (Å²) in [5.41, 5.74) is 1.30. The second-order valence-corrected chi connectivity index (χ2v) is 5.06. The average Bonchev–Trinajstić information content (AvgIpc) is 2.32. The van der Waals surface area contributed by atoms with Crippen LogP contribution in [0.5, 0.6) is 0 Å². The van der Waals surface area contributed by atoms with E-state index in [1.807, 2.05) is 12.1 Å². The molecular weight excluding hydrogens is 234 g/mol. The second-order valence-electron chi connectivity index (χ2n) is 4.62. The highest BCUT2D eigenvalue weighted by atomic mass is 35.5. The Morgan fingerprint density at radius 1 is 1.47 bits per heavy atom. The molecule has 0 amide bonds. The lowest BCUT2D eigenvalue weighted by molar-refractivity contribution is 0.0327. The van der Waals surface area contributed by atoms with E-state index in [0.717, 1.165) is 37.6 Å². The molecule has 2 rings (SSSR count). The van der Waals surface area contributed by atoms with Crippen LogP contribution in [0, 0.1) is 5.92 Å². The summed E-state index contributed by atoms with van der Waals surface area (Å²) in [4.78, 5) is 0. The Labute approximate surface area is 108 Å². The van der Waals surface area contributed by atoms with Gasteiger partial charge in [-0.05, 0) is 37.1 Å². The first-order chi connectivity index (χ1) is 8.29. The van der Waals surface area contributed by atoms with Crippen LogP contribution in [0.15, 0.2) is 24.3 Å². The quantitative estimate of drug-likeness (QED) is 0.891. The fourth-order valence-corrected chi connectivity index (χ4v) is 2.71. The minimum Gasteiger partial charge on any atom is -0.381 e. The van der Waals surface area contributed by atoms with Crippen LogP contribution >= 0.6 is 11.6 Å². The van der Waals surface area contributed by atoms with Gasteiger partial charge in [-0.15, -0.1) is 0 Å². The van der Waals surface area contributed by atoms with Crippen molar-refractivity contribution in [2.45, 2.75) is 25.8 Å². The summed E-state index contributed by atoms with van der Waals surface area (Å²) < 4.78 is 5.59. The number of ether oxygens (including phenoxy) is 1. The predicted molar refractivity (Wildman–Crippen MR) is 71.5 cm³/mol. The van der Waals surface area contributed by atoms with Crippen molar-refractivity contribution in [1.29, 1.82) is 0 Å². The standard InChI is InChI=1S/C14H20ClNO/c1-2-16-14-6-7-17-10-12(14)8-11-4-3-5-13(15)9-11/h3-5,9,12,14,16H,2,6-8,10H2,1H3. The van der Waals surface area contributed by atoms with Gasteiger partial charge in [-0.25, -0.2) is 0 Å². The van der Waals surface area contributed by atoms with Crippen molar-refractivity contribution in [3.8, 4) is 0 Å². The zero-order valence-electron chi connectivity index (χ0n) is 10.3. The Morgan fingerprint density at radius 2 is 2.35 bits per heavy atom. The van der Waals surface area contributed by atoms with E-state index < -0.39 is 0 Å². The Bertz CT molecular complexity index is 354. The van der Waals surface area contributed by atoms with Crippen LogP contribution in [0.25, 0.3) is 0 Å². The van der Waals surface area contributed by atoms with Crippen molar-refractivity contribution >= 4 is 11.6 Å². The van der Waals surface area contributed by atoms with Crippen LogP contribution in [0.1, 0.15) is 18.9 Å². The highest BCUT2D eigenvalue weighted by molar-refractivity contribution is 6.30. The van der Waals surface area contributed by atoms with E-state index in [1.54, 1.807) is 0 Å². The molecule has 1 aromatic carbocycles. The third kappa shape index (κ3) is 3.70. The molecule has 0 spiro atoms. The number of halogens is 1. The van der Waals surface area contributed by atoms with Crippen LogP contribution < -0.4 is 5.32 Å². The van der Waals surface area contributed by atoms with Gasteiger partial charge in [-0.1, -0.05) is 30.7 Å². The van der Waals surface area contributed by atoms with Gasteiger partial charge in [0.25, 0.3) is 0 Å². The van der Waals surface area contributed by atoms with Gasteiger partial charge in [0.15, 0.2) is 0 Å². The largest absolute Gasteiger partial charge is 0.381 e. The summed E-state index contributed by atoms with van der Waals surface area (Å²) in [6, 6.07) is 8.71. The van der Waals surface area contributed by atoms with Crippen molar-refractivity contribution in [2.24, 2.45) is 5.92 Å². The molecule has 1 N–H and O–H groups in total. The van der Waals surface area contributed by atoms with Gasteiger partial charge in [0.05, 0.1) is 6.61 Å².